The second-order valence-electron chi connectivity index (χ2n) is 7.53. The number of phenolic OH excluding ortho intramolecular Hbond substituents is 4. The maximum absolute atomic E-state index is 12.7. The molecule has 3 rings (SSSR count). The molecule has 9 N–H and O–H groups in total. The van der Waals surface area contributed by atoms with Crippen LogP contribution in [0.2, 0.25) is 0 Å². The number of aromatic hydroxyl groups is 4. The van der Waals surface area contributed by atoms with Gasteiger partial charge >= 0.3 is 0 Å². The molecule has 0 radical (unpaired) electrons. The van der Waals surface area contributed by atoms with E-state index in [2.05, 4.69) is 0 Å². The zero-order valence-electron chi connectivity index (χ0n) is 17.0. The van der Waals surface area contributed by atoms with Crippen LogP contribution in [0.3, 0.4) is 0 Å². The van der Waals surface area contributed by atoms with Crippen molar-refractivity contribution in [3.63, 3.8) is 0 Å². The maximum Gasteiger partial charge on any atom is 0.229 e. The van der Waals surface area contributed by atoms with Crippen LogP contribution in [-0.4, -0.2) is 95.2 Å². The van der Waals surface area contributed by atoms with Crippen LogP contribution >= 0.6 is 0 Å². The Kier molecular flexibility index (Phi) is 7.27. The lowest BCUT2D eigenvalue weighted by Gasteiger charge is -2.39. The van der Waals surface area contributed by atoms with Crippen LogP contribution in [0.5, 0.6) is 28.7 Å². The number of carbonyl (C=O) groups is 1. The molecule has 12 nitrogen and oxygen atoms in total. The van der Waals surface area contributed by atoms with E-state index < -0.39 is 77.8 Å². The zero-order chi connectivity index (χ0) is 24.4. The van der Waals surface area contributed by atoms with Crippen molar-refractivity contribution >= 4 is 5.78 Å². The second kappa shape index (κ2) is 9.79. The van der Waals surface area contributed by atoms with E-state index in [1.807, 2.05) is 0 Å². The van der Waals surface area contributed by atoms with Gasteiger partial charge in [0.15, 0.2) is 28.8 Å². The lowest BCUT2D eigenvalue weighted by Crippen LogP contribution is -2.60. The van der Waals surface area contributed by atoms with Crippen molar-refractivity contribution in [2.24, 2.45) is 0 Å². The number of aliphatic hydroxyl groups is 5. The van der Waals surface area contributed by atoms with Gasteiger partial charge in [0, 0.05) is 6.42 Å². The minimum atomic E-state index is -1.84. The van der Waals surface area contributed by atoms with E-state index in [0.29, 0.717) is 5.56 Å². The average Bonchev–Trinajstić information content (AvgIpc) is 2.78. The van der Waals surface area contributed by atoms with Crippen LogP contribution in [0.25, 0.3) is 0 Å². The standard InChI is InChI=1S/C21H24O12/c22-7-14-17(29)18(30)19(31)21(32-14)33-20-11(24)4-2-9(16(20)28)15(27)13(26)6-8-1-3-10(23)12(25)5-8/h1-5,13-14,17-19,21-26,28-31H,6-7H2. The summed E-state index contributed by atoms with van der Waals surface area (Å²) in [6.07, 6.45) is -10.3. The number of hydrogen-bond donors (Lipinski definition) is 9. The molecule has 1 aliphatic heterocycles. The normalized spacial score (nSPS) is 26.0. The van der Waals surface area contributed by atoms with Crippen LogP contribution in [0, 0.1) is 0 Å². The third-order valence-electron chi connectivity index (χ3n) is 5.23. The third kappa shape index (κ3) is 4.95. The van der Waals surface area contributed by atoms with Crippen LogP contribution in [-0.2, 0) is 11.2 Å². The van der Waals surface area contributed by atoms with Gasteiger partial charge in [-0.25, -0.2) is 0 Å². The molecule has 12 heteroatoms. The van der Waals surface area contributed by atoms with Crippen molar-refractivity contribution in [1.29, 1.82) is 0 Å². The predicted molar refractivity (Wildman–Crippen MR) is 108 cm³/mol. The van der Waals surface area contributed by atoms with Gasteiger partial charge in [0.25, 0.3) is 0 Å². The fourth-order valence-electron chi connectivity index (χ4n) is 3.35. The summed E-state index contributed by atoms with van der Waals surface area (Å²) in [7, 11) is 0. The first kappa shape index (κ1) is 24.5. The molecule has 0 aliphatic carbocycles. The molecule has 0 amide bonds. The number of rotatable bonds is 7. The van der Waals surface area contributed by atoms with Crippen LogP contribution in [0.4, 0.5) is 0 Å². The number of hydrogen-bond acceptors (Lipinski definition) is 12. The Morgan fingerprint density at radius 1 is 0.939 bits per heavy atom. The van der Waals surface area contributed by atoms with Crippen molar-refractivity contribution in [2.75, 3.05) is 6.61 Å². The third-order valence-corrected chi connectivity index (χ3v) is 5.23. The first-order chi connectivity index (χ1) is 15.5. The molecule has 0 bridgehead atoms. The van der Waals surface area contributed by atoms with E-state index >= 15 is 0 Å². The van der Waals surface area contributed by atoms with Crippen molar-refractivity contribution in [3.05, 3.63) is 41.5 Å². The summed E-state index contributed by atoms with van der Waals surface area (Å²) in [6, 6.07) is 5.69. The van der Waals surface area contributed by atoms with Gasteiger partial charge in [-0.15, -0.1) is 0 Å². The van der Waals surface area contributed by atoms with Crippen LogP contribution < -0.4 is 4.74 Å². The zero-order valence-corrected chi connectivity index (χ0v) is 17.0. The minimum Gasteiger partial charge on any atom is -0.504 e. The Balaban J connectivity index is 1.82. The smallest absolute Gasteiger partial charge is 0.229 e. The molecule has 0 saturated carbocycles. The first-order valence-electron chi connectivity index (χ1n) is 9.80. The molecule has 6 atom stereocenters. The molecule has 33 heavy (non-hydrogen) atoms. The van der Waals surface area contributed by atoms with Gasteiger partial charge in [-0.3, -0.25) is 4.79 Å². The number of ether oxygens (including phenoxy) is 2. The summed E-state index contributed by atoms with van der Waals surface area (Å²) in [5, 5.41) is 88.8. The number of carbonyl (C=O) groups excluding carboxylic acids is 1. The fourth-order valence-corrected chi connectivity index (χ4v) is 3.35. The van der Waals surface area contributed by atoms with Crippen LogP contribution in [0.1, 0.15) is 15.9 Å². The van der Waals surface area contributed by atoms with Gasteiger partial charge in [0.1, 0.15) is 30.5 Å². The highest BCUT2D eigenvalue weighted by Crippen LogP contribution is 2.41. The number of ketones is 1. The molecule has 1 fully saturated rings. The Labute approximate surface area is 186 Å². The monoisotopic (exact) mass is 468 g/mol. The molecule has 0 spiro atoms. The Morgan fingerprint density at radius 2 is 1.61 bits per heavy atom. The Morgan fingerprint density at radius 3 is 2.24 bits per heavy atom. The van der Waals surface area contributed by atoms with Crippen LogP contribution in [0.15, 0.2) is 30.3 Å². The molecule has 2 aromatic rings. The fraction of sp³-hybridized carbons (Fsp3) is 0.381. The quantitative estimate of drug-likeness (QED) is 0.167. The number of phenols is 4. The van der Waals surface area contributed by atoms with Crippen molar-refractivity contribution in [3.8, 4) is 28.7 Å². The largest absolute Gasteiger partial charge is 0.504 e. The topological polar surface area (TPSA) is 218 Å². The van der Waals surface area contributed by atoms with Crippen molar-refractivity contribution in [2.45, 2.75) is 43.2 Å². The van der Waals surface area contributed by atoms with Gasteiger partial charge in [-0.1, -0.05) is 6.07 Å². The van der Waals surface area contributed by atoms with Gasteiger partial charge in [-0.05, 0) is 29.8 Å². The Hall–Kier alpha value is -3.13. The highest BCUT2D eigenvalue weighted by molar-refractivity contribution is 6.02. The first-order valence-corrected chi connectivity index (χ1v) is 9.80. The molecule has 1 aliphatic rings. The highest BCUT2D eigenvalue weighted by Gasteiger charge is 2.45. The number of Topliss-reactive ketones (excluding diaryl/α,β-unsaturated/α-hetero) is 1. The lowest BCUT2D eigenvalue weighted by atomic mass is 9.98. The summed E-state index contributed by atoms with van der Waals surface area (Å²) in [4.78, 5) is 12.7. The van der Waals surface area contributed by atoms with E-state index in [1.165, 1.54) is 12.1 Å². The van der Waals surface area contributed by atoms with E-state index in [1.54, 1.807) is 0 Å². The van der Waals surface area contributed by atoms with Crippen molar-refractivity contribution < 1.29 is 60.2 Å². The predicted octanol–water partition coefficient (Wildman–Crippen LogP) is -1.53. The van der Waals surface area contributed by atoms with E-state index in [4.69, 9.17) is 9.47 Å². The molecule has 180 valence electrons. The second-order valence-corrected chi connectivity index (χ2v) is 7.53. The van der Waals surface area contributed by atoms with Gasteiger partial charge in [-0.2, -0.15) is 0 Å². The van der Waals surface area contributed by atoms with Gasteiger partial charge in [0.2, 0.25) is 12.0 Å². The summed E-state index contributed by atoms with van der Waals surface area (Å²) < 4.78 is 10.4. The molecule has 1 heterocycles. The average molecular weight is 468 g/mol. The summed E-state index contributed by atoms with van der Waals surface area (Å²) >= 11 is 0. The summed E-state index contributed by atoms with van der Waals surface area (Å²) in [5.74, 6) is -4.08. The number of aliphatic hydroxyl groups excluding tert-OH is 5. The van der Waals surface area contributed by atoms with Gasteiger partial charge in [0.05, 0.1) is 12.2 Å². The van der Waals surface area contributed by atoms with Gasteiger partial charge < -0.3 is 55.4 Å². The lowest BCUT2D eigenvalue weighted by molar-refractivity contribution is -0.277. The minimum absolute atomic E-state index is 0.282. The van der Waals surface area contributed by atoms with Crippen molar-refractivity contribution in [1.82, 2.24) is 0 Å². The molecule has 0 aromatic heterocycles. The maximum atomic E-state index is 12.7. The number of benzene rings is 2. The molecule has 2 aromatic carbocycles. The molecular formula is C21H24O12. The molecule has 1 saturated heterocycles. The molecular weight excluding hydrogens is 444 g/mol. The Bertz CT molecular complexity index is 1010. The van der Waals surface area contributed by atoms with E-state index in [9.17, 15) is 50.8 Å². The van der Waals surface area contributed by atoms with E-state index in [-0.39, 0.29) is 12.2 Å². The molecule has 6 unspecified atom stereocenters. The van der Waals surface area contributed by atoms with E-state index in [0.717, 1.165) is 18.2 Å². The SMILES string of the molecule is O=C(c1ccc(O)c(OC2OC(CO)C(O)C(O)C2O)c1O)C(O)Cc1ccc(O)c(O)c1. The highest BCUT2D eigenvalue weighted by atomic mass is 16.7. The summed E-state index contributed by atoms with van der Waals surface area (Å²) in [5.41, 5.74) is -0.148. The summed E-state index contributed by atoms with van der Waals surface area (Å²) in [6.45, 7) is -0.736.